The van der Waals surface area contributed by atoms with Crippen molar-refractivity contribution < 1.29 is 19.4 Å². The first kappa shape index (κ1) is 15.9. The maximum absolute atomic E-state index is 11.6. The van der Waals surface area contributed by atoms with Crippen molar-refractivity contribution in [2.45, 2.75) is 52.1 Å². The zero-order valence-electron chi connectivity index (χ0n) is 11.0. The van der Waals surface area contributed by atoms with Crippen LogP contribution in [0.15, 0.2) is 0 Å². The first-order valence-electron chi connectivity index (χ1n) is 5.98. The first-order valence-corrected chi connectivity index (χ1v) is 5.98. The molecule has 0 saturated heterocycles. The highest BCUT2D eigenvalue weighted by Crippen LogP contribution is 2.11. The highest BCUT2D eigenvalue weighted by atomic mass is 16.5. The zero-order chi connectivity index (χ0) is 13.4. The molecule has 0 heterocycles. The van der Waals surface area contributed by atoms with Crippen molar-refractivity contribution in [3.05, 3.63) is 0 Å². The largest absolute Gasteiger partial charge is 0.481 e. The monoisotopic (exact) mass is 245 g/mol. The fourth-order valence-electron chi connectivity index (χ4n) is 1.56. The minimum absolute atomic E-state index is 0.0239. The molecule has 100 valence electrons. The molecule has 0 radical (unpaired) electrons. The van der Waals surface area contributed by atoms with Crippen LogP contribution in [-0.4, -0.2) is 36.2 Å². The summed E-state index contributed by atoms with van der Waals surface area (Å²) in [5.41, 5.74) is 0. The predicted octanol–water partition coefficient (Wildman–Crippen LogP) is 1.42. The highest BCUT2D eigenvalue weighted by Gasteiger charge is 2.26. The van der Waals surface area contributed by atoms with Crippen LogP contribution >= 0.6 is 0 Å². The molecule has 0 amide bonds. The topological polar surface area (TPSA) is 75.6 Å². The average molecular weight is 245 g/mol. The van der Waals surface area contributed by atoms with Gasteiger partial charge < -0.3 is 15.2 Å². The van der Waals surface area contributed by atoms with E-state index in [4.69, 9.17) is 9.84 Å². The number of carbonyl (C=O) groups excluding carboxylic acids is 1. The van der Waals surface area contributed by atoms with E-state index in [1.807, 2.05) is 20.8 Å². The average Bonchev–Trinajstić information content (AvgIpc) is 2.31. The van der Waals surface area contributed by atoms with Crippen LogP contribution in [0, 0.1) is 5.92 Å². The Balaban J connectivity index is 4.32. The number of nitrogens with one attached hydrogen (secondary N) is 1. The molecule has 2 N–H and O–H groups in total. The van der Waals surface area contributed by atoms with Gasteiger partial charge in [-0.05, 0) is 19.3 Å². The van der Waals surface area contributed by atoms with Crippen LogP contribution in [0.4, 0.5) is 0 Å². The normalized spacial score (nSPS) is 16.0. The summed E-state index contributed by atoms with van der Waals surface area (Å²) in [4.78, 5) is 22.0. The van der Waals surface area contributed by atoms with Crippen LogP contribution in [0.5, 0.6) is 0 Å². The van der Waals surface area contributed by atoms with Gasteiger partial charge in [0.15, 0.2) is 0 Å². The molecule has 3 unspecified atom stereocenters. The van der Waals surface area contributed by atoms with E-state index in [1.165, 1.54) is 7.11 Å². The van der Waals surface area contributed by atoms with Crippen molar-refractivity contribution in [1.29, 1.82) is 0 Å². The molecule has 0 spiro atoms. The Morgan fingerprint density at radius 3 is 2.35 bits per heavy atom. The number of aliphatic carboxylic acids is 1. The molecule has 0 aromatic rings. The van der Waals surface area contributed by atoms with Crippen LogP contribution < -0.4 is 5.32 Å². The lowest BCUT2D eigenvalue weighted by Crippen LogP contribution is -2.46. The third-order valence-corrected chi connectivity index (χ3v) is 2.92. The van der Waals surface area contributed by atoms with Crippen molar-refractivity contribution in [2.75, 3.05) is 7.11 Å². The molecule has 5 heteroatoms. The van der Waals surface area contributed by atoms with Crippen LogP contribution in [-0.2, 0) is 14.3 Å². The second-order valence-corrected chi connectivity index (χ2v) is 4.39. The molecule has 0 aromatic heterocycles. The standard InChI is InChI=1S/C12H23NO4/c1-5-8(2)11(12(16)17-4)13-9(3)6-7-10(14)15/h8-9,11,13H,5-7H2,1-4H3,(H,14,15). The Hall–Kier alpha value is -1.10. The van der Waals surface area contributed by atoms with Gasteiger partial charge in [0.1, 0.15) is 6.04 Å². The molecule has 17 heavy (non-hydrogen) atoms. The molecule has 0 bridgehead atoms. The second kappa shape index (κ2) is 8.06. The van der Waals surface area contributed by atoms with Crippen LogP contribution in [0.2, 0.25) is 0 Å². The summed E-state index contributed by atoms with van der Waals surface area (Å²) in [5.74, 6) is -0.951. The van der Waals surface area contributed by atoms with E-state index in [2.05, 4.69) is 5.32 Å². The van der Waals surface area contributed by atoms with Gasteiger partial charge in [-0.1, -0.05) is 20.3 Å². The lowest BCUT2D eigenvalue weighted by Gasteiger charge is -2.25. The van der Waals surface area contributed by atoms with E-state index in [0.29, 0.717) is 6.42 Å². The molecule has 0 aromatic carbocycles. The molecular weight excluding hydrogens is 222 g/mol. The number of hydrogen-bond acceptors (Lipinski definition) is 4. The molecule has 0 rings (SSSR count). The van der Waals surface area contributed by atoms with Gasteiger partial charge in [-0.3, -0.25) is 9.59 Å². The Morgan fingerprint density at radius 2 is 1.94 bits per heavy atom. The first-order chi connectivity index (χ1) is 7.92. The van der Waals surface area contributed by atoms with Crippen molar-refractivity contribution in [1.82, 2.24) is 5.32 Å². The maximum Gasteiger partial charge on any atom is 0.323 e. The van der Waals surface area contributed by atoms with Gasteiger partial charge >= 0.3 is 11.9 Å². The van der Waals surface area contributed by atoms with Gasteiger partial charge in [-0.25, -0.2) is 0 Å². The number of carboxylic acids is 1. The fourth-order valence-corrected chi connectivity index (χ4v) is 1.56. The van der Waals surface area contributed by atoms with Crippen LogP contribution in [0.25, 0.3) is 0 Å². The molecule has 0 aliphatic rings. The van der Waals surface area contributed by atoms with Crippen molar-refractivity contribution in [3.63, 3.8) is 0 Å². The molecule has 3 atom stereocenters. The summed E-state index contributed by atoms with van der Waals surface area (Å²) >= 11 is 0. The Labute approximate surface area is 103 Å². The predicted molar refractivity (Wildman–Crippen MR) is 64.7 cm³/mol. The van der Waals surface area contributed by atoms with E-state index < -0.39 is 5.97 Å². The lowest BCUT2D eigenvalue weighted by atomic mass is 9.98. The second-order valence-electron chi connectivity index (χ2n) is 4.39. The molecule has 0 aliphatic carbocycles. The van der Waals surface area contributed by atoms with Crippen molar-refractivity contribution in [2.24, 2.45) is 5.92 Å². The quantitative estimate of drug-likeness (QED) is 0.632. The molecule has 0 aliphatic heterocycles. The number of methoxy groups -OCH3 is 1. The van der Waals surface area contributed by atoms with Gasteiger partial charge in [0.2, 0.25) is 0 Å². The van der Waals surface area contributed by atoms with Gasteiger partial charge in [0.25, 0.3) is 0 Å². The zero-order valence-corrected chi connectivity index (χ0v) is 11.0. The van der Waals surface area contributed by atoms with Gasteiger partial charge in [-0.2, -0.15) is 0 Å². The summed E-state index contributed by atoms with van der Waals surface area (Å²) in [6.07, 6.45) is 1.46. The number of hydrogen-bond donors (Lipinski definition) is 2. The van der Waals surface area contributed by atoms with Gasteiger partial charge in [-0.15, -0.1) is 0 Å². The van der Waals surface area contributed by atoms with E-state index in [1.54, 1.807) is 0 Å². The Kier molecular flexibility index (Phi) is 7.54. The van der Waals surface area contributed by atoms with Gasteiger partial charge in [0, 0.05) is 12.5 Å². The SMILES string of the molecule is CCC(C)C(NC(C)CCC(=O)O)C(=O)OC. The van der Waals surface area contributed by atoms with Crippen LogP contribution in [0.1, 0.15) is 40.0 Å². The van der Waals surface area contributed by atoms with Crippen molar-refractivity contribution in [3.8, 4) is 0 Å². The van der Waals surface area contributed by atoms with Gasteiger partial charge in [0.05, 0.1) is 7.11 Å². The third-order valence-electron chi connectivity index (χ3n) is 2.92. The Bertz CT molecular complexity index is 255. The summed E-state index contributed by atoms with van der Waals surface area (Å²) in [6, 6.07) is -0.391. The number of ether oxygens (including phenoxy) is 1. The summed E-state index contributed by atoms with van der Waals surface area (Å²) in [7, 11) is 1.36. The lowest BCUT2D eigenvalue weighted by molar-refractivity contribution is -0.144. The summed E-state index contributed by atoms with van der Waals surface area (Å²) in [6.45, 7) is 5.85. The van der Waals surface area contributed by atoms with Crippen molar-refractivity contribution >= 4 is 11.9 Å². The summed E-state index contributed by atoms with van der Waals surface area (Å²) in [5, 5.41) is 11.7. The number of carbonyl (C=O) groups is 2. The number of esters is 1. The highest BCUT2D eigenvalue weighted by molar-refractivity contribution is 5.76. The number of rotatable bonds is 8. The molecule has 5 nitrogen and oxygen atoms in total. The maximum atomic E-state index is 11.6. The molecular formula is C12H23NO4. The number of carboxylic acid groups (broad SMARTS) is 1. The van der Waals surface area contributed by atoms with E-state index in [0.717, 1.165) is 6.42 Å². The third kappa shape index (κ3) is 6.26. The van der Waals surface area contributed by atoms with Crippen LogP contribution in [0.3, 0.4) is 0 Å². The minimum atomic E-state index is -0.822. The summed E-state index contributed by atoms with van der Waals surface area (Å²) < 4.78 is 4.74. The van der Waals surface area contributed by atoms with E-state index in [-0.39, 0.29) is 30.4 Å². The smallest absolute Gasteiger partial charge is 0.323 e. The molecule has 0 fully saturated rings. The van der Waals surface area contributed by atoms with E-state index >= 15 is 0 Å². The fraction of sp³-hybridized carbons (Fsp3) is 0.833. The minimum Gasteiger partial charge on any atom is -0.481 e. The Morgan fingerprint density at radius 1 is 1.35 bits per heavy atom. The van der Waals surface area contributed by atoms with E-state index in [9.17, 15) is 9.59 Å². The molecule has 0 saturated carbocycles.